The van der Waals surface area contributed by atoms with Gasteiger partial charge in [-0.15, -0.1) is 0 Å². The predicted molar refractivity (Wildman–Crippen MR) is 61.1 cm³/mol. The lowest BCUT2D eigenvalue weighted by molar-refractivity contribution is -0.144. The lowest BCUT2D eigenvalue weighted by Gasteiger charge is -2.07. The normalized spacial score (nSPS) is 11.9. The molecule has 16 heavy (non-hydrogen) atoms. The van der Waals surface area contributed by atoms with Crippen molar-refractivity contribution in [2.75, 3.05) is 6.61 Å². The molecular formula is C12H20O4. The van der Waals surface area contributed by atoms with Crippen molar-refractivity contribution in [2.24, 2.45) is 0 Å². The van der Waals surface area contributed by atoms with Crippen LogP contribution in [0.15, 0.2) is 11.1 Å². The largest absolute Gasteiger partial charge is 0.477 e. The number of aliphatic carboxylic acids is 1. The molecular weight excluding hydrogens is 208 g/mol. The minimum atomic E-state index is -1.20. The first-order chi connectivity index (χ1) is 7.54. The summed E-state index contributed by atoms with van der Waals surface area (Å²) in [5.74, 6) is -1.93. The summed E-state index contributed by atoms with van der Waals surface area (Å²) < 4.78 is 4.72. The van der Waals surface area contributed by atoms with Crippen LogP contribution in [0, 0.1) is 0 Å². The summed E-state index contributed by atoms with van der Waals surface area (Å²) in [7, 11) is 0. The van der Waals surface area contributed by atoms with Gasteiger partial charge in [0.25, 0.3) is 0 Å². The van der Waals surface area contributed by atoms with Crippen LogP contribution in [-0.4, -0.2) is 23.7 Å². The van der Waals surface area contributed by atoms with Crippen LogP contribution in [0.25, 0.3) is 0 Å². The van der Waals surface area contributed by atoms with Crippen molar-refractivity contribution in [1.29, 1.82) is 0 Å². The fraction of sp³-hybridized carbons (Fsp3) is 0.667. The maximum absolute atomic E-state index is 11.4. The second kappa shape index (κ2) is 7.91. The Morgan fingerprint density at radius 3 is 2.25 bits per heavy atom. The number of carbonyl (C=O) groups is 2. The number of carbonyl (C=O) groups excluding carboxylic acids is 1. The van der Waals surface area contributed by atoms with Crippen molar-refractivity contribution in [3.05, 3.63) is 11.1 Å². The number of esters is 1. The number of rotatable bonds is 7. The SMILES string of the molecule is CCCCC/C(C)=C(/C(=O)O)C(=O)OCC. The van der Waals surface area contributed by atoms with Gasteiger partial charge in [0.15, 0.2) is 0 Å². The van der Waals surface area contributed by atoms with E-state index in [2.05, 4.69) is 6.92 Å². The van der Waals surface area contributed by atoms with Gasteiger partial charge in [-0.2, -0.15) is 0 Å². The van der Waals surface area contributed by atoms with Gasteiger partial charge in [0, 0.05) is 0 Å². The monoisotopic (exact) mass is 228 g/mol. The minimum absolute atomic E-state index is 0.192. The van der Waals surface area contributed by atoms with Crippen molar-refractivity contribution in [3.8, 4) is 0 Å². The quantitative estimate of drug-likeness (QED) is 0.239. The first kappa shape index (κ1) is 14.7. The number of hydrogen-bond acceptors (Lipinski definition) is 3. The average molecular weight is 228 g/mol. The van der Waals surface area contributed by atoms with Crippen molar-refractivity contribution in [2.45, 2.75) is 46.5 Å². The molecule has 0 bridgehead atoms. The molecule has 0 aliphatic heterocycles. The lowest BCUT2D eigenvalue weighted by atomic mass is 10.0. The minimum Gasteiger partial charge on any atom is -0.477 e. The molecule has 4 nitrogen and oxygen atoms in total. The van der Waals surface area contributed by atoms with Crippen LogP contribution in [0.4, 0.5) is 0 Å². The van der Waals surface area contributed by atoms with Crippen molar-refractivity contribution >= 4 is 11.9 Å². The lowest BCUT2D eigenvalue weighted by Crippen LogP contribution is -2.17. The highest BCUT2D eigenvalue weighted by Gasteiger charge is 2.21. The third kappa shape index (κ3) is 4.96. The summed E-state index contributed by atoms with van der Waals surface area (Å²) in [5.41, 5.74) is 0.386. The molecule has 0 aromatic carbocycles. The van der Waals surface area contributed by atoms with Crippen molar-refractivity contribution < 1.29 is 19.4 Å². The third-order valence-electron chi connectivity index (χ3n) is 2.28. The van der Waals surface area contributed by atoms with E-state index in [0.29, 0.717) is 12.0 Å². The van der Waals surface area contributed by atoms with Gasteiger partial charge in [-0.3, -0.25) is 0 Å². The molecule has 0 saturated heterocycles. The number of unbranched alkanes of at least 4 members (excludes halogenated alkanes) is 2. The first-order valence-corrected chi connectivity index (χ1v) is 5.64. The van der Waals surface area contributed by atoms with E-state index >= 15 is 0 Å². The van der Waals surface area contributed by atoms with Crippen LogP contribution in [0.5, 0.6) is 0 Å². The molecule has 0 unspecified atom stereocenters. The Morgan fingerprint density at radius 1 is 1.19 bits per heavy atom. The molecule has 92 valence electrons. The number of ether oxygens (including phenoxy) is 1. The number of hydrogen-bond donors (Lipinski definition) is 1. The summed E-state index contributed by atoms with van der Waals surface area (Å²) in [6.07, 6.45) is 3.63. The number of carboxylic acids is 1. The zero-order valence-electron chi connectivity index (χ0n) is 10.2. The topological polar surface area (TPSA) is 63.6 Å². The second-order valence-corrected chi connectivity index (χ2v) is 3.64. The zero-order valence-corrected chi connectivity index (χ0v) is 10.2. The number of allylic oxidation sites excluding steroid dienone is 1. The molecule has 0 fully saturated rings. The molecule has 0 amide bonds. The smallest absolute Gasteiger partial charge is 0.345 e. The maximum Gasteiger partial charge on any atom is 0.345 e. The van der Waals surface area contributed by atoms with E-state index in [9.17, 15) is 9.59 Å². The molecule has 0 rings (SSSR count). The van der Waals surface area contributed by atoms with Gasteiger partial charge in [-0.05, 0) is 26.7 Å². The molecule has 0 aliphatic rings. The predicted octanol–water partition coefficient (Wildman–Crippen LogP) is 2.53. The molecule has 1 N–H and O–H groups in total. The molecule has 0 atom stereocenters. The first-order valence-electron chi connectivity index (χ1n) is 5.64. The fourth-order valence-electron chi connectivity index (χ4n) is 1.41. The third-order valence-corrected chi connectivity index (χ3v) is 2.28. The van der Waals surface area contributed by atoms with Gasteiger partial charge < -0.3 is 9.84 Å². The van der Waals surface area contributed by atoms with Crippen LogP contribution in [0.3, 0.4) is 0 Å². The molecule has 0 aliphatic carbocycles. The summed E-state index contributed by atoms with van der Waals surface area (Å²) in [5, 5.41) is 8.94. The van der Waals surface area contributed by atoms with E-state index in [1.54, 1.807) is 13.8 Å². The molecule has 0 saturated carbocycles. The van der Waals surface area contributed by atoms with Crippen LogP contribution >= 0.6 is 0 Å². The van der Waals surface area contributed by atoms with Crippen LogP contribution in [0.2, 0.25) is 0 Å². The van der Waals surface area contributed by atoms with E-state index in [0.717, 1.165) is 19.3 Å². The van der Waals surface area contributed by atoms with Crippen LogP contribution < -0.4 is 0 Å². The van der Waals surface area contributed by atoms with E-state index < -0.39 is 11.9 Å². The number of carboxylic acid groups (broad SMARTS) is 1. The van der Waals surface area contributed by atoms with Gasteiger partial charge in [-0.25, -0.2) is 9.59 Å². The van der Waals surface area contributed by atoms with Gasteiger partial charge in [0.05, 0.1) is 6.61 Å². The Kier molecular flexibility index (Phi) is 7.25. The van der Waals surface area contributed by atoms with E-state index in [1.165, 1.54) is 0 Å². The molecule has 0 spiro atoms. The van der Waals surface area contributed by atoms with Crippen LogP contribution in [0.1, 0.15) is 46.5 Å². The standard InChI is InChI=1S/C12H20O4/c1-4-6-7-8-9(3)10(11(13)14)12(15)16-5-2/h4-8H2,1-3H3,(H,13,14)/b10-9-. The Balaban J connectivity index is 4.65. The van der Waals surface area contributed by atoms with E-state index in [1.807, 2.05) is 0 Å². The fourth-order valence-corrected chi connectivity index (χ4v) is 1.41. The van der Waals surface area contributed by atoms with Gasteiger partial charge in [-0.1, -0.05) is 25.3 Å². The zero-order chi connectivity index (χ0) is 12.6. The second-order valence-electron chi connectivity index (χ2n) is 3.64. The van der Waals surface area contributed by atoms with Crippen molar-refractivity contribution in [1.82, 2.24) is 0 Å². The Labute approximate surface area is 96.3 Å². The van der Waals surface area contributed by atoms with Crippen LogP contribution in [-0.2, 0) is 14.3 Å². The molecule has 0 radical (unpaired) electrons. The molecule has 0 aromatic rings. The highest BCUT2D eigenvalue weighted by Crippen LogP contribution is 2.14. The van der Waals surface area contributed by atoms with E-state index in [-0.39, 0.29) is 12.2 Å². The van der Waals surface area contributed by atoms with Gasteiger partial charge in [0.1, 0.15) is 5.57 Å². The summed E-state index contributed by atoms with van der Waals surface area (Å²) in [4.78, 5) is 22.3. The Bertz CT molecular complexity index is 279. The summed E-state index contributed by atoms with van der Waals surface area (Å²) in [6.45, 7) is 5.60. The molecule has 0 heterocycles. The Morgan fingerprint density at radius 2 is 1.81 bits per heavy atom. The highest BCUT2D eigenvalue weighted by atomic mass is 16.5. The highest BCUT2D eigenvalue weighted by molar-refractivity contribution is 6.13. The maximum atomic E-state index is 11.4. The van der Waals surface area contributed by atoms with Crippen molar-refractivity contribution in [3.63, 3.8) is 0 Å². The average Bonchev–Trinajstić information content (AvgIpc) is 2.18. The molecule has 4 heteroatoms. The summed E-state index contributed by atoms with van der Waals surface area (Å²) in [6, 6.07) is 0. The van der Waals surface area contributed by atoms with Gasteiger partial charge in [0.2, 0.25) is 0 Å². The Hall–Kier alpha value is -1.32. The van der Waals surface area contributed by atoms with Gasteiger partial charge >= 0.3 is 11.9 Å². The summed E-state index contributed by atoms with van der Waals surface area (Å²) >= 11 is 0. The van der Waals surface area contributed by atoms with E-state index in [4.69, 9.17) is 9.84 Å². The molecule has 0 aromatic heterocycles.